The maximum Gasteiger partial charge on any atom is 0.232 e. The van der Waals surface area contributed by atoms with Crippen molar-refractivity contribution in [1.29, 1.82) is 0 Å². The number of ether oxygens (including phenoxy) is 3. The van der Waals surface area contributed by atoms with Crippen LogP contribution in [-0.2, 0) is 11.2 Å². The lowest BCUT2D eigenvalue weighted by molar-refractivity contribution is -0.118. The molecule has 0 spiro atoms. The summed E-state index contributed by atoms with van der Waals surface area (Å²) < 4.78 is 16.7. The average Bonchev–Trinajstić information content (AvgIpc) is 2.84. The zero-order valence-electron chi connectivity index (χ0n) is 18.6. The van der Waals surface area contributed by atoms with Crippen molar-refractivity contribution in [3.63, 3.8) is 0 Å². The van der Waals surface area contributed by atoms with Gasteiger partial charge in [-0.2, -0.15) is 0 Å². The van der Waals surface area contributed by atoms with E-state index in [4.69, 9.17) is 30.9 Å². The first-order valence-corrected chi connectivity index (χ1v) is 11.1. The fraction of sp³-hybridized carbons (Fsp3) is 0.269. The van der Waals surface area contributed by atoms with E-state index < -0.39 is 0 Å². The van der Waals surface area contributed by atoms with Gasteiger partial charge in [-0.25, -0.2) is 0 Å². The summed E-state index contributed by atoms with van der Waals surface area (Å²) in [5, 5.41) is 9.75. The van der Waals surface area contributed by atoms with Gasteiger partial charge in [-0.15, -0.1) is 0 Å². The topological polar surface area (TPSA) is 68.2 Å². The molecular weight excluding hydrogens is 442 g/mol. The lowest BCUT2D eigenvalue weighted by Crippen LogP contribution is -2.41. The van der Waals surface area contributed by atoms with Crippen molar-refractivity contribution in [2.75, 3.05) is 32.3 Å². The summed E-state index contributed by atoms with van der Waals surface area (Å²) in [4.78, 5) is 15.2. The smallest absolute Gasteiger partial charge is 0.232 e. The van der Waals surface area contributed by atoms with Gasteiger partial charge in [0, 0.05) is 23.7 Å². The van der Waals surface area contributed by atoms with Crippen LogP contribution in [0, 0.1) is 0 Å². The maximum absolute atomic E-state index is 13.4. The van der Waals surface area contributed by atoms with Crippen molar-refractivity contribution in [3.05, 3.63) is 82.4 Å². The SMILES string of the molecule is COc1ccc(N2C(=O)Cc3cc(OC)c(OCCCO)cc3C2c2ccc(Cl)cc2)cc1. The van der Waals surface area contributed by atoms with Crippen LogP contribution in [0.15, 0.2) is 60.7 Å². The van der Waals surface area contributed by atoms with Gasteiger partial charge in [-0.3, -0.25) is 4.79 Å². The molecule has 172 valence electrons. The van der Waals surface area contributed by atoms with Crippen molar-refractivity contribution in [1.82, 2.24) is 0 Å². The largest absolute Gasteiger partial charge is 0.497 e. The Labute approximate surface area is 198 Å². The van der Waals surface area contributed by atoms with E-state index in [2.05, 4.69) is 0 Å². The van der Waals surface area contributed by atoms with Gasteiger partial charge in [0.1, 0.15) is 5.75 Å². The summed E-state index contributed by atoms with van der Waals surface area (Å²) in [5.74, 6) is 1.83. The third-order valence-electron chi connectivity index (χ3n) is 5.68. The molecule has 0 fully saturated rings. The molecule has 4 rings (SSSR count). The minimum absolute atomic E-state index is 0.0244. The Bertz CT molecular complexity index is 1110. The molecule has 1 amide bonds. The van der Waals surface area contributed by atoms with E-state index in [9.17, 15) is 4.79 Å². The molecule has 3 aromatic rings. The predicted molar refractivity (Wildman–Crippen MR) is 128 cm³/mol. The number of carbonyl (C=O) groups excluding carboxylic acids is 1. The summed E-state index contributed by atoms with van der Waals surface area (Å²) in [6, 6.07) is 18.4. The maximum atomic E-state index is 13.4. The highest BCUT2D eigenvalue weighted by Crippen LogP contribution is 2.43. The van der Waals surface area contributed by atoms with Gasteiger partial charge in [-0.05, 0) is 65.2 Å². The van der Waals surface area contributed by atoms with E-state index in [0.29, 0.717) is 29.5 Å². The van der Waals surface area contributed by atoms with Crippen molar-refractivity contribution in [2.24, 2.45) is 0 Å². The van der Waals surface area contributed by atoms with Crippen LogP contribution in [0.1, 0.15) is 29.2 Å². The van der Waals surface area contributed by atoms with Crippen LogP contribution in [0.25, 0.3) is 0 Å². The predicted octanol–water partition coefficient (Wildman–Crippen LogP) is 4.80. The molecule has 1 aliphatic heterocycles. The normalized spacial score (nSPS) is 15.2. The fourth-order valence-electron chi connectivity index (χ4n) is 4.09. The number of rotatable bonds is 8. The van der Waals surface area contributed by atoms with Crippen LogP contribution in [-0.4, -0.2) is 38.4 Å². The second kappa shape index (κ2) is 10.1. The monoisotopic (exact) mass is 467 g/mol. The van der Waals surface area contributed by atoms with Crippen LogP contribution >= 0.6 is 11.6 Å². The molecule has 1 N–H and O–H groups in total. The Balaban J connectivity index is 1.85. The van der Waals surface area contributed by atoms with Crippen molar-refractivity contribution >= 4 is 23.2 Å². The minimum Gasteiger partial charge on any atom is -0.497 e. The number of hydrogen-bond donors (Lipinski definition) is 1. The van der Waals surface area contributed by atoms with Crippen LogP contribution in [0.3, 0.4) is 0 Å². The number of amides is 1. The van der Waals surface area contributed by atoms with Crippen LogP contribution < -0.4 is 19.1 Å². The molecule has 1 heterocycles. The molecule has 0 saturated heterocycles. The summed E-state index contributed by atoms with van der Waals surface area (Å²) in [5.41, 5.74) is 3.53. The molecule has 0 aromatic heterocycles. The summed E-state index contributed by atoms with van der Waals surface area (Å²) in [6.45, 7) is 0.402. The number of benzene rings is 3. The zero-order chi connectivity index (χ0) is 23.4. The molecule has 33 heavy (non-hydrogen) atoms. The lowest BCUT2D eigenvalue weighted by atomic mass is 9.87. The van der Waals surface area contributed by atoms with Gasteiger partial charge in [0.05, 0.1) is 33.3 Å². The van der Waals surface area contributed by atoms with Crippen molar-refractivity contribution in [2.45, 2.75) is 18.9 Å². The zero-order valence-corrected chi connectivity index (χ0v) is 19.3. The molecule has 0 saturated carbocycles. The molecule has 1 unspecified atom stereocenters. The number of nitrogens with zero attached hydrogens (tertiary/aromatic N) is 1. The Morgan fingerprint density at radius 2 is 1.73 bits per heavy atom. The van der Waals surface area contributed by atoms with Crippen molar-refractivity contribution in [3.8, 4) is 17.2 Å². The number of aliphatic hydroxyl groups is 1. The highest BCUT2D eigenvalue weighted by atomic mass is 35.5. The van der Waals surface area contributed by atoms with Gasteiger partial charge in [0.25, 0.3) is 0 Å². The van der Waals surface area contributed by atoms with Crippen LogP contribution in [0.5, 0.6) is 17.2 Å². The minimum atomic E-state index is -0.377. The number of anilines is 1. The quantitative estimate of drug-likeness (QED) is 0.482. The molecule has 1 aliphatic rings. The Hall–Kier alpha value is -3.22. The lowest BCUT2D eigenvalue weighted by Gasteiger charge is -2.38. The second-order valence-electron chi connectivity index (χ2n) is 7.72. The number of aliphatic hydroxyl groups excluding tert-OH is 1. The highest BCUT2D eigenvalue weighted by molar-refractivity contribution is 6.30. The first-order chi connectivity index (χ1) is 16.0. The van der Waals surface area contributed by atoms with Gasteiger partial charge in [0.2, 0.25) is 5.91 Å². The molecule has 6 nitrogen and oxygen atoms in total. The summed E-state index contributed by atoms with van der Waals surface area (Å²) >= 11 is 6.15. The number of methoxy groups -OCH3 is 2. The van der Waals surface area contributed by atoms with Crippen LogP contribution in [0.2, 0.25) is 5.02 Å². The molecule has 0 aliphatic carbocycles. The van der Waals surface area contributed by atoms with E-state index in [0.717, 1.165) is 28.1 Å². The van der Waals surface area contributed by atoms with Gasteiger partial charge < -0.3 is 24.2 Å². The average molecular weight is 468 g/mol. The number of halogens is 1. The van der Waals surface area contributed by atoms with Gasteiger partial charge in [-0.1, -0.05) is 23.7 Å². The number of hydrogen-bond acceptors (Lipinski definition) is 5. The molecule has 3 aromatic carbocycles. The van der Waals surface area contributed by atoms with Crippen LogP contribution in [0.4, 0.5) is 5.69 Å². The van der Waals surface area contributed by atoms with E-state index in [1.54, 1.807) is 19.1 Å². The van der Waals surface area contributed by atoms with E-state index in [-0.39, 0.29) is 25.0 Å². The molecular formula is C26H26ClNO5. The van der Waals surface area contributed by atoms with E-state index in [1.165, 1.54) is 0 Å². The Morgan fingerprint density at radius 1 is 1.00 bits per heavy atom. The van der Waals surface area contributed by atoms with E-state index in [1.807, 2.05) is 60.7 Å². The number of carbonyl (C=O) groups is 1. The molecule has 0 radical (unpaired) electrons. The summed E-state index contributed by atoms with van der Waals surface area (Å²) in [6.07, 6.45) is 0.746. The van der Waals surface area contributed by atoms with E-state index >= 15 is 0 Å². The Morgan fingerprint density at radius 3 is 2.36 bits per heavy atom. The second-order valence-corrected chi connectivity index (χ2v) is 8.16. The Kier molecular flexibility index (Phi) is 7.06. The highest BCUT2D eigenvalue weighted by Gasteiger charge is 2.36. The fourth-order valence-corrected chi connectivity index (χ4v) is 4.21. The number of fused-ring (bicyclic) bond motifs is 1. The standard InChI is InChI=1S/C26H26ClNO5/c1-31-21-10-8-20(9-11-21)28-25(30)15-18-14-23(32-2)24(33-13-3-12-29)16-22(18)26(28)17-4-6-19(27)7-5-17/h4-11,14,16,26,29H,3,12-13,15H2,1-2H3. The molecule has 0 bridgehead atoms. The van der Waals surface area contributed by atoms with Crippen molar-refractivity contribution < 1.29 is 24.1 Å². The molecule has 1 atom stereocenters. The third-order valence-corrected chi connectivity index (χ3v) is 5.94. The first kappa shape index (κ1) is 23.0. The first-order valence-electron chi connectivity index (χ1n) is 10.7. The summed E-state index contributed by atoms with van der Waals surface area (Å²) in [7, 11) is 3.19. The third kappa shape index (κ3) is 4.77. The van der Waals surface area contributed by atoms with Gasteiger partial charge in [0.15, 0.2) is 11.5 Å². The van der Waals surface area contributed by atoms with Gasteiger partial charge >= 0.3 is 0 Å². The molecule has 7 heteroatoms.